The van der Waals surface area contributed by atoms with Gasteiger partial charge in [0.2, 0.25) is 0 Å². The molecule has 5 nitrogen and oxygen atoms in total. The molecule has 0 saturated heterocycles. The molecule has 2 unspecified atom stereocenters. The van der Waals surface area contributed by atoms with Crippen LogP contribution in [0, 0.1) is 5.92 Å². The van der Waals surface area contributed by atoms with Crippen LogP contribution in [0.5, 0.6) is 11.5 Å². The summed E-state index contributed by atoms with van der Waals surface area (Å²) < 4.78 is 0. The maximum Gasteiger partial charge on any atom is 0.255 e. The minimum Gasteiger partial charge on any atom is -0.504 e. The molecular formula is C14H20N2O3. The number of nitrogens with one attached hydrogen (secondary N) is 1. The highest BCUT2D eigenvalue weighted by Crippen LogP contribution is 2.29. The monoisotopic (exact) mass is 264 g/mol. The van der Waals surface area contributed by atoms with E-state index in [1.165, 1.54) is 18.2 Å². The summed E-state index contributed by atoms with van der Waals surface area (Å²) in [5.41, 5.74) is 5.82. The molecule has 1 aromatic carbocycles. The number of rotatable bonds is 3. The van der Waals surface area contributed by atoms with Gasteiger partial charge in [-0.25, -0.2) is 0 Å². The molecule has 0 radical (unpaired) electrons. The Morgan fingerprint density at radius 2 is 2.05 bits per heavy atom. The van der Waals surface area contributed by atoms with Gasteiger partial charge in [0.1, 0.15) is 0 Å². The fraction of sp³-hybridized carbons (Fsp3) is 0.500. The number of nitrogens with two attached hydrogens (primary N) is 1. The molecular weight excluding hydrogens is 244 g/mol. The summed E-state index contributed by atoms with van der Waals surface area (Å²) in [6, 6.07) is 4.42. The second-order valence-corrected chi connectivity index (χ2v) is 5.03. The van der Waals surface area contributed by atoms with Gasteiger partial charge in [-0.3, -0.25) is 4.79 Å². The van der Waals surface area contributed by atoms with Gasteiger partial charge in [0.05, 0.1) is 5.56 Å². The highest BCUT2D eigenvalue weighted by molar-refractivity contribution is 5.97. The lowest BCUT2D eigenvalue weighted by Crippen LogP contribution is -2.44. The molecule has 1 saturated carbocycles. The number of aromatic hydroxyl groups is 2. The van der Waals surface area contributed by atoms with Crippen molar-refractivity contribution in [3.8, 4) is 11.5 Å². The summed E-state index contributed by atoms with van der Waals surface area (Å²) in [6.07, 6.45) is 4.15. The van der Waals surface area contributed by atoms with E-state index in [0.29, 0.717) is 6.54 Å². The first-order valence-corrected chi connectivity index (χ1v) is 6.65. The van der Waals surface area contributed by atoms with Crippen LogP contribution < -0.4 is 11.1 Å². The molecule has 1 aliphatic rings. The Kier molecular flexibility index (Phi) is 4.27. The topological polar surface area (TPSA) is 95.6 Å². The molecule has 0 bridgehead atoms. The van der Waals surface area contributed by atoms with Crippen LogP contribution in [-0.4, -0.2) is 28.7 Å². The molecule has 5 heteroatoms. The number of benzene rings is 1. The first kappa shape index (κ1) is 13.7. The van der Waals surface area contributed by atoms with Crippen LogP contribution in [0.15, 0.2) is 18.2 Å². The van der Waals surface area contributed by atoms with Crippen molar-refractivity contribution < 1.29 is 15.0 Å². The largest absolute Gasteiger partial charge is 0.504 e. The lowest BCUT2D eigenvalue weighted by molar-refractivity contribution is 0.0904. The van der Waals surface area contributed by atoms with Crippen molar-refractivity contribution in [1.82, 2.24) is 5.32 Å². The second kappa shape index (κ2) is 5.93. The van der Waals surface area contributed by atoms with E-state index in [2.05, 4.69) is 5.32 Å². The second-order valence-electron chi connectivity index (χ2n) is 5.03. The number of phenols is 2. The summed E-state index contributed by atoms with van der Waals surface area (Å²) in [7, 11) is 0. The summed E-state index contributed by atoms with van der Waals surface area (Å²) >= 11 is 0. The zero-order valence-electron chi connectivity index (χ0n) is 10.8. The van der Waals surface area contributed by atoms with Gasteiger partial charge in [-0.05, 0) is 37.4 Å². The van der Waals surface area contributed by atoms with Crippen LogP contribution in [0.3, 0.4) is 0 Å². The van der Waals surface area contributed by atoms with E-state index in [1.807, 2.05) is 0 Å². The lowest BCUT2D eigenvalue weighted by atomic mass is 9.84. The third-order valence-corrected chi connectivity index (χ3v) is 3.79. The molecule has 0 spiro atoms. The van der Waals surface area contributed by atoms with Crippen molar-refractivity contribution in [1.29, 1.82) is 0 Å². The Hall–Kier alpha value is -1.75. The molecule has 1 amide bonds. The molecule has 1 aromatic rings. The summed E-state index contributed by atoms with van der Waals surface area (Å²) in [6.45, 7) is 0.553. The number of hydrogen-bond acceptors (Lipinski definition) is 4. The van der Waals surface area contributed by atoms with Gasteiger partial charge in [0.25, 0.3) is 5.91 Å². The first-order valence-electron chi connectivity index (χ1n) is 6.65. The Labute approximate surface area is 112 Å². The van der Waals surface area contributed by atoms with Gasteiger partial charge in [-0.1, -0.05) is 18.9 Å². The van der Waals surface area contributed by atoms with E-state index in [0.717, 1.165) is 25.7 Å². The smallest absolute Gasteiger partial charge is 0.255 e. The van der Waals surface area contributed by atoms with Crippen molar-refractivity contribution >= 4 is 5.91 Å². The number of para-hydroxylation sites is 1. The Morgan fingerprint density at radius 1 is 1.32 bits per heavy atom. The van der Waals surface area contributed by atoms with Crippen LogP contribution >= 0.6 is 0 Å². The number of phenolic OH excluding ortho intramolecular Hbond substituents is 2. The predicted octanol–water partition coefficient (Wildman–Crippen LogP) is 1.35. The molecule has 1 aliphatic carbocycles. The van der Waals surface area contributed by atoms with Crippen molar-refractivity contribution in [3.63, 3.8) is 0 Å². The molecule has 2 rings (SSSR count). The minimum atomic E-state index is -0.375. The van der Waals surface area contributed by atoms with E-state index in [1.54, 1.807) is 0 Å². The van der Waals surface area contributed by atoms with Crippen LogP contribution in [0.2, 0.25) is 0 Å². The SMILES string of the molecule is NCC1CCCCC1NC(=O)c1cccc(O)c1O. The van der Waals surface area contributed by atoms with Gasteiger partial charge in [0, 0.05) is 6.04 Å². The fourth-order valence-corrected chi connectivity index (χ4v) is 2.64. The number of carbonyl (C=O) groups is 1. The third kappa shape index (κ3) is 2.98. The van der Waals surface area contributed by atoms with Crippen LogP contribution in [0.1, 0.15) is 36.0 Å². The maximum absolute atomic E-state index is 12.1. The van der Waals surface area contributed by atoms with Crippen LogP contribution in [-0.2, 0) is 0 Å². The molecule has 19 heavy (non-hydrogen) atoms. The van der Waals surface area contributed by atoms with Gasteiger partial charge in [0.15, 0.2) is 11.5 Å². The zero-order chi connectivity index (χ0) is 13.8. The van der Waals surface area contributed by atoms with Gasteiger partial charge >= 0.3 is 0 Å². The molecule has 2 atom stereocenters. The number of hydrogen-bond donors (Lipinski definition) is 4. The van der Waals surface area contributed by atoms with Crippen LogP contribution in [0.25, 0.3) is 0 Å². The van der Waals surface area contributed by atoms with Gasteiger partial charge < -0.3 is 21.3 Å². The molecule has 1 fully saturated rings. The number of amides is 1. The standard InChI is InChI=1S/C14H20N2O3/c15-8-9-4-1-2-6-11(9)16-14(19)10-5-3-7-12(17)13(10)18/h3,5,7,9,11,17-18H,1-2,4,6,8,15H2,(H,16,19). The quantitative estimate of drug-likeness (QED) is 0.620. The normalized spacial score (nSPS) is 23.0. The highest BCUT2D eigenvalue weighted by atomic mass is 16.3. The Bertz CT molecular complexity index is 462. The molecule has 5 N–H and O–H groups in total. The first-order chi connectivity index (χ1) is 9.13. The van der Waals surface area contributed by atoms with Crippen molar-refractivity contribution in [2.45, 2.75) is 31.7 Å². The molecule has 0 aromatic heterocycles. The maximum atomic E-state index is 12.1. The minimum absolute atomic E-state index is 0.0491. The average Bonchev–Trinajstić information content (AvgIpc) is 2.42. The number of carbonyl (C=O) groups excluding carboxylic acids is 1. The van der Waals surface area contributed by atoms with Crippen molar-refractivity contribution in [2.24, 2.45) is 11.7 Å². The molecule has 0 heterocycles. The predicted molar refractivity (Wildman–Crippen MR) is 72.0 cm³/mol. The van der Waals surface area contributed by atoms with E-state index in [-0.39, 0.29) is 34.9 Å². The highest BCUT2D eigenvalue weighted by Gasteiger charge is 2.26. The molecule has 0 aliphatic heterocycles. The van der Waals surface area contributed by atoms with E-state index >= 15 is 0 Å². The van der Waals surface area contributed by atoms with Crippen molar-refractivity contribution in [2.75, 3.05) is 6.54 Å². The van der Waals surface area contributed by atoms with Gasteiger partial charge in [-0.2, -0.15) is 0 Å². The third-order valence-electron chi connectivity index (χ3n) is 3.79. The summed E-state index contributed by atoms with van der Waals surface area (Å²) in [4.78, 5) is 12.1. The Balaban J connectivity index is 2.09. The zero-order valence-corrected chi connectivity index (χ0v) is 10.8. The summed E-state index contributed by atoms with van der Waals surface area (Å²) in [5.74, 6) is -0.734. The van der Waals surface area contributed by atoms with Gasteiger partial charge in [-0.15, -0.1) is 0 Å². The van der Waals surface area contributed by atoms with Crippen LogP contribution in [0.4, 0.5) is 0 Å². The Morgan fingerprint density at radius 3 is 2.79 bits per heavy atom. The van der Waals surface area contributed by atoms with E-state index < -0.39 is 0 Å². The van der Waals surface area contributed by atoms with E-state index in [9.17, 15) is 15.0 Å². The molecule has 104 valence electrons. The average molecular weight is 264 g/mol. The fourth-order valence-electron chi connectivity index (χ4n) is 2.64. The lowest BCUT2D eigenvalue weighted by Gasteiger charge is -2.31. The van der Waals surface area contributed by atoms with E-state index in [4.69, 9.17) is 5.73 Å². The summed E-state index contributed by atoms with van der Waals surface area (Å²) in [5, 5.41) is 22.0. The van der Waals surface area contributed by atoms with Crippen molar-refractivity contribution in [3.05, 3.63) is 23.8 Å².